The van der Waals surface area contributed by atoms with E-state index >= 15 is 0 Å². The van der Waals surface area contributed by atoms with E-state index < -0.39 is 0 Å². The highest BCUT2D eigenvalue weighted by atomic mass is 15.1. The predicted molar refractivity (Wildman–Crippen MR) is 275 cm³/mol. The number of para-hydroxylation sites is 2. The molecule has 0 saturated heterocycles. The summed E-state index contributed by atoms with van der Waals surface area (Å²) in [5.41, 5.74) is 21.6. The average molecular weight is 831 g/mol. The molecule has 12 rings (SSSR count). The molecule has 0 radical (unpaired) electrons. The highest BCUT2D eigenvalue weighted by molar-refractivity contribution is 6.10. The number of anilines is 3. The van der Waals surface area contributed by atoms with E-state index in [-0.39, 0.29) is 5.41 Å². The van der Waals surface area contributed by atoms with Gasteiger partial charge in [-0.05, 0) is 133 Å². The maximum Gasteiger partial charge on any atom is 0.0547 e. The van der Waals surface area contributed by atoms with Crippen LogP contribution in [0.4, 0.5) is 17.1 Å². The fraction of sp³-hybridized carbons (Fsp3) is 0.0476. The number of fused-ring (bicyclic) bond motifs is 6. The number of hydrogen-bond acceptors (Lipinski definition) is 1. The smallest absolute Gasteiger partial charge is 0.0547 e. The Hall–Kier alpha value is -8.20. The molecule has 65 heavy (non-hydrogen) atoms. The molecular weight excluding hydrogens is 785 g/mol. The van der Waals surface area contributed by atoms with Gasteiger partial charge in [-0.2, -0.15) is 0 Å². The van der Waals surface area contributed by atoms with Crippen LogP contribution in [0.2, 0.25) is 0 Å². The van der Waals surface area contributed by atoms with Gasteiger partial charge in [0.05, 0.1) is 11.0 Å². The summed E-state index contributed by atoms with van der Waals surface area (Å²) in [5.74, 6) is 0. The van der Waals surface area contributed by atoms with Crippen molar-refractivity contribution in [1.82, 2.24) is 4.57 Å². The van der Waals surface area contributed by atoms with E-state index in [0.29, 0.717) is 0 Å². The van der Waals surface area contributed by atoms with Gasteiger partial charge in [0.25, 0.3) is 0 Å². The maximum atomic E-state index is 2.44. The van der Waals surface area contributed by atoms with Crippen LogP contribution >= 0.6 is 0 Å². The second-order valence-corrected chi connectivity index (χ2v) is 17.8. The summed E-state index contributed by atoms with van der Waals surface area (Å²) >= 11 is 0. The normalized spacial score (nSPS) is 12.6. The lowest BCUT2D eigenvalue weighted by atomic mass is 9.82. The molecule has 0 unspecified atom stereocenters. The monoisotopic (exact) mass is 830 g/mol. The Bertz CT molecular complexity index is 3530. The maximum absolute atomic E-state index is 2.44. The molecule has 1 heterocycles. The highest BCUT2D eigenvalue weighted by Gasteiger charge is 2.35. The molecule has 2 nitrogen and oxygen atoms in total. The second-order valence-electron chi connectivity index (χ2n) is 17.8. The molecule has 2 heteroatoms. The second kappa shape index (κ2) is 15.6. The molecule has 1 aliphatic rings. The quantitative estimate of drug-likeness (QED) is 0.148. The van der Waals surface area contributed by atoms with E-state index in [0.717, 1.165) is 33.9 Å². The zero-order chi connectivity index (χ0) is 43.5. The minimum absolute atomic E-state index is 0.133. The Balaban J connectivity index is 0.991. The van der Waals surface area contributed by atoms with Crippen LogP contribution in [0.25, 0.3) is 83.1 Å². The van der Waals surface area contributed by atoms with Gasteiger partial charge in [-0.3, -0.25) is 0 Å². The van der Waals surface area contributed by atoms with E-state index in [4.69, 9.17) is 0 Å². The molecule has 0 saturated carbocycles. The van der Waals surface area contributed by atoms with Gasteiger partial charge >= 0.3 is 0 Å². The third-order valence-corrected chi connectivity index (χ3v) is 13.6. The van der Waals surface area contributed by atoms with Crippen molar-refractivity contribution in [2.75, 3.05) is 4.90 Å². The van der Waals surface area contributed by atoms with Crippen LogP contribution in [0.1, 0.15) is 25.0 Å². The summed E-state index contributed by atoms with van der Waals surface area (Å²) in [6, 6.07) is 88.9. The molecule has 1 aliphatic carbocycles. The first kappa shape index (κ1) is 38.5. The number of benzene rings is 10. The number of hydrogen-bond donors (Lipinski definition) is 0. The van der Waals surface area contributed by atoms with Gasteiger partial charge in [-0.15, -0.1) is 0 Å². The Kier molecular flexibility index (Phi) is 9.21. The number of rotatable bonds is 8. The van der Waals surface area contributed by atoms with Gasteiger partial charge in [0.2, 0.25) is 0 Å². The standard InChI is InChI=1S/C63H46N2/c1-63(2)59-24-14-12-22-55(59)56-37-35-53(42-60(56)63)64(52-33-30-45(31-34-52)43-16-6-3-7-17-43)54-39-49(44-18-8-4-9-19-44)38-50(40-54)47-28-26-46(27-29-47)48-32-36-58-57-23-13-15-25-61(57)65(62(58)41-48)51-20-10-5-11-21-51/h3-42H,1-2H3. The third-order valence-electron chi connectivity index (χ3n) is 13.6. The Morgan fingerprint density at radius 2 is 0.800 bits per heavy atom. The van der Waals surface area contributed by atoms with Gasteiger partial charge < -0.3 is 9.47 Å². The van der Waals surface area contributed by atoms with Gasteiger partial charge in [-0.1, -0.05) is 190 Å². The molecule has 11 aromatic rings. The van der Waals surface area contributed by atoms with E-state index in [1.165, 1.54) is 77.4 Å². The topological polar surface area (TPSA) is 8.17 Å². The molecule has 10 aromatic carbocycles. The van der Waals surface area contributed by atoms with Gasteiger partial charge in [0.1, 0.15) is 0 Å². The minimum atomic E-state index is -0.133. The molecule has 308 valence electrons. The molecule has 0 spiro atoms. The number of aromatic nitrogens is 1. The predicted octanol–water partition coefficient (Wildman–Crippen LogP) is 17.2. The molecular formula is C63H46N2. The average Bonchev–Trinajstić information content (AvgIpc) is 3.82. The van der Waals surface area contributed by atoms with Crippen LogP contribution < -0.4 is 4.90 Å². The first-order chi connectivity index (χ1) is 32.0. The largest absolute Gasteiger partial charge is 0.310 e. The molecule has 0 bridgehead atoms. The van der Waals surface area contributed by atoms with Crippen molar-refractivity contribution in [2.45, 2.75) is 19.3 Å². The molecule has 0 atom stereocenters. The van der Waals surface area contributed by atoms with Crippen LogP contribution in [0.3, 0.4) is 0 Å². The van der Waals surface area contributed by atoms with Gasteiger partial charge in [0, 0.05) is 38.9 Å². The summed E-state index contributed by atoms with van der Waals surface area (Å²) in [5, 5.41) is 2.52. The van der Waals surface area contributed by atoms with Crippen LogP contribution in [-0.2, 0) is 5.41 Å². The molecule has 0 fully saturated rings. The van der Waals surface area contributed by atoms with Crippen molar-refractivity contribution < 1.29 is 0 Å². The summed E-state index contributed by atoms with van der Waals surface area (Å²) in [6.07, 6.45) is 0. The van der Waals surface area contributed by atoms with Crippen LogP contribution in [0.15, 0.2) is 243 Å². The highest BCUT2D eigenvalue weighted by Crippen LogP contribution is 2.51. The van der Waals surface area contributed by atoms with Crippen molar-refractivity contribution >= 4 is 38.9 Å². The van der Waals surface area contributed by atoms with E-state index in [1.54, 1.807) is 0 Å². The lowest BCUT2D eigenvalue weighted by Gasteiger charge is -2.29. The third kappa shape index (κ3) is 6.65. The van der Waals surface area contributed by atoms with Crippen molar-refractivity contribution in [2.24, 2.45) is 0 Å². The lowest BCUT2D eigenvalue weighted by molar-refractivity contribution is 0.660. The van der Waals surface area contributed by atoms with Gasteiger partial charge in [0.15, 0.2) is 0 Å². The Labute approximate surface area is 381 Å². The van der Waals surface area contributed by atoms with Gasteiger partial charge in [-0.25, -0.2) is 0 Å². The van der Waals surface area contributed by atoms with Crippen molar-refractivity contribution in [1.29, 1.82) is 0 Å². The summed E-state index contributed by atoms with van der Waals surface area (Å²) in [7, 11) is 0. The fourth-order valence-corrected chi connectivity index (χ4v) is 10.3. The van der Waals surface area contributed by atoms with Crippen molar-refractivity contribution in [3.8, 4) is 61.3 Å². The first-order valence-electron chi connectivity index (χ1n) is 22.6. The van der Waals surface area contributed by atoms with E-state index in [9.17, 15) is 0 Å². The van der Waals surface area contributed by atoms with E-state index in [2.05, 4.69) is 266 Å². The fourth-order valence-electron chi connectivity index (χ4n) is 10.3. The molecule has 0 N–H and O–H groups in total. The number of nitrogens with zero attached hydrogens (tertiary/aromatic N) is 2. The summed E-state index contributed by atoms with van der Waals surface area (Å²) in [4.78, 5) is 2.44. The van der Waals surface area contributed by atoms with Crippen molar-refractivity contribution in [3.63, 3.8) is 0 Å². The zero-order valence-corrected chi connectivity index (χ0v) is 36.5. The Morgan fingerprint density at radius 1 is 0.308 bits per heavy atom. The van der Waals surface area contributed by atoms with Crippen molar-refractivity contribution in [3.05, 3.63) is 254 Å². The zero-order valence-electron chi connectivity index (χ0n) is 36.5. The summed E-state index contributed by atoms with van der Waals surface area (Å²) in [6.45, 7) is 4.72. The first-order valence-corrected chi connectivity index (χ1v) is 22.6. The minimum Gasteiger partial charge on any atom is -0.310 e. The van der Waals surface area contributed by atoms with Crippen LogP contribution in [-0.4, -0.2) is 4.57 Å². The summed E-state index contributed by atoms with van der Waals surface area (Å²) < 4.78 is 2.39. The SMILES string of the molecule is CC1(C)c2ccccc2-c2ccc(N(c3ccc(-c4ccccc4)cc3)c3cc(-c4ccccc4)cc(-c4ccc(-c5ccc6c7ccccc7n(-c7ccccc7)c6c5)cc4)c3)cc21. The Morgan fingerprint density at radius 3 is 1.51 bits per heavy atom. The molecule has 0 amide bonds. The van der Waals surface area contributed by atoms with Crippen LogP contribution in [0, 0.1) is 0 Å². The molecule has 0 aliphatic heterocycles. The lowest BCUT2D eigenvalue weighted by Crippen LogP contribution is -2.16. The van der Waals surface area contributed by atoms with Crippen LogP contribution in [0.5, 0.6) is 0 Å². The van der Waals surface area contributed by atoms with E-state index in [1.807, 2.05) is 0 Å². The molecule has 1 aromatic heterocycles.